The van der Waals surface area contributed by atoms with E-state index in [4.69, 9.17) is 4.74 Å². The second kappa shape index (κ2) is 6.76. The molecule has 0 aromatic rings. The predicted octanol–water partition coefficient (Wildman–Crippen LogP) is 1.94. The third-order valence-corrected chi connectivity index (χ3v) is 3.55. The van der Waals surface area contributed by atoms with E-state index in [0.29, 0.717) is 25.9 Å². The van der Waals surface area contributed by atoms with Crippen LogP contribution in [-0.4, -0.2) is 55.4 Å². The zero-order chi connectivity index (χ0) is 15.4. The van der Waals surface area contributed by atoms with Gasteiger partial charge in [-0.2, -0.15) is 13.2 Å². The van der Waals surface area contributed by atoms with Gasteiger partial charge < -0.3 is 15.0 Å². The number of ether oxygens (including phenoxy) is 1. The van der Waals surface area contributed by atoms with E-state index in [1.54, 1.807) is 13.8 Å². The van der Waals surface area contributed by atoms with Crippen molar-refractivity contribution in [1.82, 2.24) is 10.2 Å². The maximum Gasteiger partial charge on any atom is 0.406 e. The summed E-state index contributed by atoms with van der Waals surface area (Å²) in [6, 6.07) is -0.349. The molecule has 1 amide bonds. The number of methoxy groups -OCH3 is 1. The van der Waals surface area contributed by atoms with Crippen LogP contribution in [0.5, 0.6) is 0 Å². The fraction of sp³-hybridized carbons (Fsp3) is 0.923. The van der Waals surface area contributed by atoms with Crippen LogP contribution in [0.4, 0.5) is 13.2 Å². The summed E-state index contributed by atoms with van der Waals surface area (Å²) in [7, 11) is 1.45. The third-order valence-electron chi connectivity index (χ3n) is 3.55. The Hall–Kier alpha value is -0.820. The average Bonchev–Trinajstić information content (AvgIpc) is 2.35. The molecule has 1 aliphatic rings. The van der Waals surface area contributed by atoms with Crippen LogP contribution in [0.15, 0.2) is 0 Å². The first-order valence-corrected chi connectivity index (χ1v) is 6.77. The number of nitrogens with one attached hydrogen (secondary N) is 1. The van der Waals surface area contributed by atoms with E-state index in [9.17, 15) is 18.0 Å². The quantitative estimate of drug-likeness (QED) is 0.843. The summed E-state index contributed by atoms with van der Waals surface area (Å²) in [4.78, 5) is 13.2. The van der Waals surface area contributed by atoms with Gasteiger partial charge in [-0.15, -0.1) is 0 Å². The first-order valence-electron chi connectivity index (χ1n) is 6.77. The molecule has 20 heavy (non-hydrogen) atoms. The fourth-order valence-electron chi connectivity index (χ4n) is 2.27. The van der Waals surface area contributed by atoms with E-state index in [-0.39, 0.29) is 12.5 Å². The minimum absolute atomic E-state index is 0.0521. The van der Waals surface area contributed by atoms with Gasteiger partial charge in [-0.25, -0.2) is 0 Å². The number of rotatable bonds is 5. The van der Waals surface area contributed by atoms with Crippen molar-refractivity contribution in [3.05, 3.63) is 0 Å². The number of amides is 1. The molecule has 1 N–H and O–H groups in total. The molecule has 0 aromatic carbocycles. The molecule has 7 heteroatoms. The maximum absolute atomic E-state index is 12.7. The molecule has 0 saturated carbocycles. The van der Waals surface area contributed by atoms with E-state index in [0.717, 1.165) is 4.90 Å². The van der Waals surface area contributed by atoms with Crippen LogP contribution in [0, 0.1) is 0 Å². The largest absolute Gasteiger partial charge is 0.406 e. The van der Waals surface area contributed by atoms with Gasteiger partial charge in [0.2, 0.25) is 5.91 Å². The first kappa shape index (κ1) is 17.2. The second-order valence-corrected chi connectivity index (χ2v) is 5.76. The summed E-state index contributed by atoms with van der Waals surface area (Å²) < 4.78 is 43.2. The molecular weight excluding hydrogens is 273 g/mol. The molecule has 0 aliphatic carbocycles. The van der Waals surface area contributed by atoms with E-state index < -0.39 is 24.2 Å². The number of nitrogens with zero attached hydrogens (tertiary/aromatic N) is 1. The monoisotopic (exact) mass is 296 g/mol. The van der Waals surface area contributed by atoms with Crippen molar-refractivity contribution in [1.29, 1.82) is 0 Å². The van der Waals surface area contributed by atoms with E-state index in [1.807, 2.05) is 0 Å². The van der Waals surface area contributed by atoms with Crippen LogP contribution in [0.2, 0.25) is 0 Å². The van der Waals surface area contributed by atoms with Crippen molar-refractivity contribution in [3.63, 3.8) is 0 Å². The number of carbonyl (C=O) groups excluding carboxylic acids is 1. The smallest absolute Gasteiger partial charge is 0.378 e. The van der Waals surface area contributed by atoms with Crippen molar-refractivity contribution in [2.45, 2.75) is 50.9 Å². The zero-order valence-corrected chi connectivity index (χ0v) is 12.2. The molecule has 1 heterocycles. The third kappa shape index (κ3) is 5.66. The van der Waals surface area contributed by atoms with E-state index in [2.05, 4.69) is 5.32 Å². The highest BCUT2D eigenvalue weighted by Crippen LogP contribution is 2.24. The van der Waals surface area contributed by atoms with Gasteiger partial charge in [-0.3, -0.25) is 4.79 Å². The molecule has 0 radical (unpaired) electrons. The molecule has 0 unspecified atom stereocenters. The molecular formula is C13H23F3N2O2. The molecule has 0 aromatic heterocycles. The van der Waals surface area contributed by atoms with E-state index in [1.165, 1.54) is 7.11 Å². The number of hydrogen-bond acceptors (Lipinski definition) is 3. The van der Waals surface area contributed by atoms with Crippen molar-refractivity contribution >= 4 is 5.91 Å². The van der Waals surface area contributed by atoms with Gasteiger partial charge in [-0.1, -0.05) is 0 Å². The predicted molar refractivity (Wildman–Crippen MR) is 69.4 cm³/mol. The fourth-order valence-corrected chi connectivity index (χ4v) is 2.27. The molecule has 0 bridgehead atoms. The lowest BCUT2D eigenvalue weighted by Gasteiger charge is -2.37. The molecule has 1 rings (SSSR count). The van der Waals surface area contributed by atoms with Crippen LogP contribution in [0.3, 0.4) is 0 Å². The van der Waals surface area contributed by atoms with E-state index >= 15 is 0 Å². The SMILES string of the molecule is COC(C)(C)CC(=O)N(CC(F)(F)F)C1CCNCC1. The number of halogens is 3. The Labute approximate surface area is 117 Å². The summed E-state index contributed by atoms with van der Waals surface area (Å²) >= 11 is 0. The van der Waals surface area contributed by atoms with Crippen LogP contribution in [0.25, 0.3) is 0 Å². The lowest BCUT2D eigenvalue weighted by atomic mass is 10.0. The Kier molecular flexibility index (Phi) is 5.82. The minimum atomic E-state index is -4.38. The topological polar surface area (TPSA) is 41.6 Å². The highest BCUT2D eigenvalue weighted by Gasteiger charge is 2.38. The maximum atomic E-state index is 12.7. The highest BCUT2D eigenvalue weighted by molar-refractivity contribution is 5.77. The first-order chi connectivity index (χ1) is 9.14. The minimum Gasteiger partial charge on any atom is -0.378 e. The lowest BCUT2D eigenvalue weighted by Crippen LogP contribution is -2.51. The highest BCUT2D eigenvalue weighted by atomic mass is 19.4. The van der Waals surface area contributed by atoms with Gasteiger partial charge in [-0.05, 0) is 39.8 Å². The molecule has 1 saturated heterocycles. The van der Waals surface area contributed by atoms with Gasteiger partial charge in [0.1, 0.15) is 6.54 Å². The van der Waals surface area contributed by atoms with Crippen molar-refractivity contribution < 1.29 is 22.7 Å². The summed E-state index contributed by atoms with van der Waals surface area (Å²) in [6.45, 7) is 3.48. The normalized spacial score (nSPS) is 18.1. The van der Waals surface area contributed by atoms with Crippen LogP contribution in [-0.2, 0) is 9.53 Å². The van der Waals surface area contributed by atoms with Crippen LogP contribution >= 0.6 is 0 Å². The number of carbonyl (C=O) groups is 1. The molecule has 0 spiro atoms. The van der Waals surface area contributed by atoms with Gasteiger partial charge in [0.25, 0.3) is 0 Å². The van der Waals surface area contributed by atoms with Gasteiger partial charge in [0.15, 0.2) is 0 Å². The molecule has 4 nitrogen and oxygen atoms in total. The standard InChI is InChI=1S/C13H23F3N2O2/c1-12(2,20-3)8-11(19)18(9-13(14,15)16)10-4-6-17-7-5-10/h10,17H,4-9H2,1-3H3. The Bertz CT molecular complexity index is 326. The molecule has 1 fully saturated rings. The number of alkyl halides is 3. The summed E-state index contributed by atoms with van der Waals surface area (Å²) in [5.41, 5.74) is -0.756. The van der Waals surface area contributed by atoms with Gasteiger partial charge >= 0.3 is 6.18 Å². The second-order valence-electron chi connectivity index (χ2n) is 5.76. The Morgan fingerprint density at radius 3 is 2.30 bits per heavy atom. The lowest BCUT2D eigenvalue weighted by molar-refractivity contribution is -0.169. The van der Waals surface area contributed by atoms with Crippen LogP contribution in [0.1, 0.15) is 33.1 Å². The molecule has 1 aliphatic heterocycles. The zero-order valence-electron chi connectivity index (χ0n) is 12.2. The summed E-state index contributed by atoms with van der Waals surface area (Å²) in [5, 5.41) is 3.09. The Morgan fingerprint density at radius 1 is 1.30 bits per heavy atom. The van der Waals surface area contributed by atoms with Crippen molar-refractivity contribution in [2.24, 2.45) is 0 Å². The number of hydrogen-bond donors (Lipinski definition) is 1. The molecule has 0 atom stereocenters. The van der Waals surface area contributed by atoms with Crippen molar-refractivity contribution in [2.75, 3.05) is 26.7 Å². The summed E-state index contributed by atoms with van der Waals surface area (Å²) in [6.07, 6.45) is -3.33. The van der Waals surface area contributed by atoms with Gasteiger partial charge in [0, 0.05) is 13.2 Å². The van der Waals surface area contributed by atoms with Crippen LogP contribution < -0.4 is 5.32 Å². The number of piperidine rings is 1. The van der Waals surface area contributed by atoms with Gasteiger partial charge in [0.05, 0.1) is 12.0 Å². The Balaban J connectivity index is 2.78. The Morgan fingerprint density at radius 2 is 1.85 bits per heavy atom. The summed E-state index contributed by atoms with van der Waals surface area (Å²) in [5.74, 6) is -0.499. The van der Waals surface area contributed by atoms with Crippen molar-refractivity contribution in [3.8, 4) is 0 Å². The average molecular weight is 296 g/mol. The molecule has 118 valence electrons.